The smallest absolute Gasteiger partial charge is 0.269 e. The first-order chi connectivity index (χ1) is 17.9. The van der Waals surface area contributed by atoms with E-state index in [-0.39, 0.29) is 33.8 Å². The van der Waals surface area contributed by atoms with E-state index in [4.69, 9.17) is 0 Å². The van der Waals surface area contributed by atoms with Gasteiger partial charge in [-0.05, 0) is 60.2 Å². The number of anilines is 1. The van der Waals surface area contributed by atoms with E-state index in [0.717, 1.165) is 17.0 Å². The fourth-order valence-electron chi connectivity index (χ4n) is 4.27. The summed E-state index contributed by atoms with van der Waals surface area (Å²) in [4.78, 5) is 23.3. The molecule has 2 aromatic carbocycles. The summed E-state index contributed by atoms with van der Waals surface area (Å²) >= 11 is 1.13. The molecule has 1 amide bonds. The van der Waals surface area contributed by atoms with Crippen LogP contribution in [-0.2, 0) is 22.0 Å². The van der Waals surface area contributed by atoms with Crippen LogP contribution in [0, 0.1) is 10.1 Å². The first-order valence-electron chi connectivity index (χ1n) is 12.4. The van der Waals surface area contributed by atoms with Gasteiger partial charge >= 0.3 is 0 Å². The lowest BCUT2D eigenvalue weighted by Gasteiger charge is -2.32. The van der Waals surface area contributed by atoms with Gasteiger partial charge in [0.1, 0.15) is 4.21 Å². The molecule has 0 spiro atoms. The number of piperidine rings is 1. The van der Waals surface area contributed by atoms with Crippen LogP contribution in [0.15, 0.2) is 64.9 Å². The zero-order valence-corrected chi connectivity index (χ0v) is 23.3. The lowest BCUT2D eigenvalue weighted by atomic mass is 9.87. The minimum Gasteiger partial charge on any atom is -0.382 e. The number of rotatable bonds is 8. The number of hydrogen-bond donors (Lipinski definition) is 2. The number of amides is 1. The Morgan fingerprint density at radius 2 is 1.76 bits per heavy atom. The van der Waals surface area contributed by atoms with Crippen LogP contribution in [0.4, 0.5) is 11.4 Å². The van der Waals surface area contributed by atoms with E-state index in [1.165, 1.54) is 34.1 Å². The lowest BCUT2D eigenvalue weighted by molar-refractivity contribution is -0.384. The van der Waals surface area contributed by atoms with Crippen LogP contribution in [-0.4, -0.2) is 42.7 Å². The van der Waals surface area contributed by atoms with Gasteiger partial charge in [0.05, 0.1) is 11.5 Å². The maximum atomic E-state index is 13.2. The number of sulfonamides is 1. The van der Waals surface area contributed by atoms with Crippen molar-refractivity contribution in [2.45, 2.75) is 55.8 Å². The first kappa shape index (κ1) is 27.7. The van der Waals surface area contributed by atoms with Crippen LogP contribution in [0.25, 0.3) is 0 Å². The Morgan fingerprint density at radius 3 is 2.39 bits per heavy atom. The van der Waals surface area contributed by atoms with Crippen LogP contribution in [0.1, 0.15) is 54.4 Å². The van der Waals surface area contributed by atoms with Crippen molar-refractivity contribution in [1.29, 1.82) is 0 Å². The van der Waals surface area contributed by atoms with Crippen LogP contribution in [0.2, 0.25) is 0 Å². The van der Waals surface area contributed by atoms with Gasteiger partial charge in [0.2, 0.25) is 0 Å². The summed E-state index contributed by atoms with van der Waals surface area (Å²) in [7, 11) is -3.62. The highest BCUT2D eigenvalue weighted by atomic mass is 32.2. The van der Waals surface area contributed by atoms with Crippen LogP contribution < -0.4 is 10.6 Å². The predicted molar refractivity (Wildman–Crippen MR) is 149 cm³/mol. The highest BCUT2D eigenvalue weighted by Gasteiger charge is 2.30. The maximum absolute atomic E-state index is 13.2. The molecule has 2 N–H and O–H groups in total. The van der Waals surface area contributed by atoms with Crippen molar-refractivity contribution < 1.29 is 18.1 Å². The van der Waals surface area contributed by atoms with E-state index < -0.39 is 14.9 Å². The van der Waals surface area contributed by atoms with Crippen molar-refractivity contribution >= 4 is 38.6 Å². The molecular weight excluding hydrogens is 524 g/mol. The Kier molecular flexibility index (Phi) is 8.19. The molecule has 3 aromatic rings. The summed E-state index contributed by atoms with van der Waals surface area (Å²) in [5.74, 6) is -0.389. The Labute approximate surface area is 227 Å². The Bertz CT molecular complexity index is 1400. The molecule has 4 rings (SSSR count). The summed E-state index contributed by atoms with van der Waals surface area (Å²) in [5.41, 5.74) is 2.56. The van der Waals surface area contributed by atoms with Gasteiger partial charge in [-0.3, -0.25) is 14.9 Å². The lowest BCUT2D eigenvalue weighted by Crippen LogP contribution is -2.42. The zero-order chi connectivity index (χ0) is 27.5. The number of thiophene rings is 1. The number of nitro groups is 1. The molecule has 2 heterocycles. The summed E-state index contributed by atoms with van der Waals surface area (Å²) < 4.78 is 28.3. The Balaban J connectivity index is 1.31. The van der Waals surface area contributed by atoms with Crippen molar-refractivity contribution in [2.24, 2.45) is 0 Å². The monoisotopic (exact) mass is 556 g/mol. The molecule has 1 saturated heterocycles. The van der Waals surface area contributed by atoms with Gasteiger partial charge < -0.3 is 10.6 Å². The summed E-state index contributed by atoms with van der Waals surface area (Å²) in [5, 5.41) is 17.1. The molecule has 1 aliphatic rings. The summed E-state index contributed by atoms with van der Waals surface area (Å²) in [6.07, 6.45) is 1.42. The molecule has 1 aliphatic heterocycles. The molecule has 1 fully saturated rings. The molecule has 202 valence electrons. The second-order valence-corrected chi connectivity index (χ2v) is 13.7. The highest BCUT2D eigenvalue weighted by molar-refractivity contribution is 7.91. The van der Waals surface area contributed by atoms with Crippen LogP contribution in [0.5, 0.6) is 0 Å². The number of nitrogens with one attached hydrogen (secondary N) is 2. The normalized spacial score (nSPS) is 15.2. The third-order valence-corrected chi connectivity index (χ3v) is 10.00. The van der Waals surface area contributed by atoms with Crippen LogP contribution >= 0.6 is 11.3 Å². The molecule has 0 bridgehead atoms. The predicted octanol–water partition coefficient (Wildman–Crippen LogP) is 5.15. The molecule has 1 aromatic heterocycles. The van der Waals surface area contributed by atoms with E-state index in [9.17, 15) is 23.3 Å². The average molecular weight is 557 g/mol. The fourth-order valence-corrected chi connectivity index (χ4v) is 7.19. The van der Waals surface area contributed by atoms with Gasteiger partial charge in [0.15, 0.2) is 0 Å². The second kappa shape index (κ2) is 11.2. The zero-order valence-electron chi connectivity index (χ0n) is 21.6. The molecule has 38 heavy (non-hydrogen) atoms. The number of benzene rings is 2. The molecule has 0 atom stereocenters. The van der Waals surface area contributed by atoms with Gasteiger partial charge in [0.25, 0.3) is 21.6 Å². The van der Waals surface area contributed by atoms with Crippen molar-refractivity contribution in [2.75, 3.05) is 18.4 Å². The minimum absolute atomic E-state index is 0.0578. The van der Waals surface area contributed by atoms with Gasteiger partial charge in [-0.15, -0.1) is 11.3 Å². The number of non-ortho nitro benzene ring substituents is 1. The molecule has 9 nitrogen and oxygen atoms in total. The van der Waals surface area contributed by atoms with Crippen molar-refractivity contribution in [3.05, 3.63) is 86.8 Å². The van der Waals surface area contributed by atoms with E-state index in [1.807, 2.05) is 12.1 Å². The summed E-state index contributed by atoms with van der Waals surface area (Å²) in [6, 6.07) is 17.2. The van der Waals surface area contributed by atoms with Gasteiger partial charge in [0, 0.05) is 47.4 Å². The number of nitro benzene ring substituents is 1. The molecule has 0 saturated carbocycles. The topological polar surface area (TPSA) is 122 Å². The first-order valence-corrected chi connectivity index (χ1v) is 14.7. The average Bonchev–Trinajstić information content (AvgIpc) is 3.37. The number of carbonyl (C=O) groups excluding carboxylic acids is 1. The number of hydrogen-bond acceptors (Lipinski definition) is 7. The fraction of sp³-hybridized carbons (Fsp3) is 0.370. The standard InChI is InChI=1S/C27H32N4O5S2/c1-27(2,3)20-5-4-6-22(17-20)29-21-13-15-30(16-14-21)38(35,36)25-12-11-24(37-25)18-28-26(32)19-7-9-23(10-8-19)31(33)34/h4-12,17,21,29H,13-16,18H2,1-3H3,(H,28,32). The SMILES string of the molecule is CC(C)(C)c1cccc(NC2CCN(S(=O)(=O)c3ccc(CNC(=O)c4ccc([N+](=O)[O-])cc4)s3)CC2)c1. The molecule has 0 radical (unpaired) electrons. The van der Waals surface area contributed by atoms with Gasteiger partial charge in [-0.25, -0.2) is 8.42 Å². The van der Waals surface area contributed by atoms with E-state index in [1.54, 1.807) is 12.1 Å². The van der Waals surface area contributed by atoms with Gasteiger partial charge in [-0.2, -0.15) is 4.31 Å². The Hall–Kier alpha value is -3.28. The van der Waals surface area contributed by atoms with Gasteiger partial charge in [-0.1, -0.05) is 32.9 Å². The van der Waals surface area contributed by atoms with E-state index in [0.29, 0.717) is 36.4 Å². The van der Waals surface area contributed by atoms with E-state index in [2.05, 4.69) is 43.5 Å². The third kappa shape index (κ3) is 6.58. The highest BCUT2D eigenvalue weighted by Crippen LogP contribution is 2.29. The van der Waals surface area contributed by atoms with E-state index >= 15 is 0 Å². The Morgan fingerprint density at radius 1 is 1.08 bits per heavy atom. The minimum atomic E-state index is -3.62. The molecule has 0 unspecified atom stereocenters. The molecule has 11 heteroatoms. The number of carbonyl (C=O) groups is 1. The second-order valence-electron chi connectivity index (χ2n) is 10.4. The quantitative estimate of drug-likeness (QED) is 0.292. The maximum Gasteiger partial charge on any atom is 0.269 e. The van der Waals surface area contributed by atoms with Crippen molar-refractivity contribution in [1.82, 2.24) is 9.62 Å². The van der Waals surface area contributed by atoms with Crippen molar-refractivity contribution in [3.63, 3.8) is 0 Å². The molecule has 0 aliphatic carbocycles. The molecular formula is C27H32N4O5S2. The number of nitrogens with zero attached hydrogens (tertiary/aromatic N) is 2. The largest absolute Gasteiger partial charge is 0.382 e. The third-order valence-electron chi connectivity index (χ3n) is 6.55. The summed E-state index contributed by atoms with van der Waals surface area (Å²) in [6.45, 7) is 7.57. The van der Waals surface area contributed by atoms with Crippen LogP contribution in [0.3, 0.4) is 0 Å². The van der Waals surface area contributed by atoms with Crippen molar-refractivity contribution in [3.8, 4) is 0 Å².